The maximum atomic E-state index is 5.59. The molecule has 0 aliphatic carbocycles. The minimum absolute atomic E-state index is 0.537. The Morgan fingerprint density at radius 1 is 1.38 bits per heavy atom. The number of aromatic nitrogens is 1. The zero-order valence-electron chi connectivity index (χ0n) is 9.26. The van der Waals surface area contributed by atoms with Crippen molar-refractivity contribution in [1.82, 2.24) is 4.98 Å². The molecule has 84 valence electrons. The van der Waals surface area contributed by atoms with Crippen molar-refractivity contribution < 1.29 is 4.42 Å². The van der Waals surface area contributed by atoms with Crippen LogP contribution in [-0.2, 0) is 13.1 Å². The van der Waals surface area contributed by atoms with Gasteiger partial charge in [-0.2, -0.15) is 0 Å². The second-order valence-electron chi connectivity index (χ2n) is 3.71. The van der Waals surface area contributed by atoms with Crippen LogP contribution in [0.25, 0.3) is 0 Å². The summed E-state index contributed by atoms with van der Waals surface area (Å²) in [7, 11) is 2.00. The van der Waals surface area contributed by atoms with E-state index in [0.717, 1.165) is 23.5 Å². The molecular formula is C12H15N3O. The first-order valence-electron chi connectivity index (χ1n) is 5.17. The molecule has 0 unspecified atom stereocenters. The lowest BCUT2D eigenvalue weighted by Gasteiger charge is -2.17. The van der Waals surface area contributed by atoms with E-state index in [1.165, 1.54) is 0 Å². The average molecular weight is 217 g/mol. The Kier molecular flexibility index (Phi) is 3.22. The molecule has 2 aromatic heterocycles. The standard InChI is InChI=1S/C12H15N3O/c1-15(8-11-3-5-16-9-11)12-6-10(7-13)2-4-14-12/h2-6,9H,7-8,13H2,1H3. The molecule has 0 fully saturated rings. The Labute approximate surface area is 94.7 Å². The van der Waals surface area contributed by atoms with Crippen molar-refractivity contribution in [3.8, 4) is 0 Å². The van der Waals surface area contributed by atoms with Crippen LogP contribution in [0, 0.1) is 0 Å². The van der Waals surface area contributed by atoms with Crippen LogP contribution < -0.4 is 10.6 Å². The normalized spacial score (nSPS) is 10.4. The summed E-state index contributed by atoms with van der Waals surface area (Å²) in [5.41, 5.74) is 7.81. The lowest BCUT2D eigenvalue weighted by Crippen LogP contribution is -2.17. The van der Waals surface area contributed by atoms with Gasteiger partial charge in [0, 0.05) is 31.9 Å². The molecule has 2 N–H and O–H groups in total. The highest BCUT2D eigenvalue weighted by molar-refractivity contribution is 5.40. The number of nitrogens with two attached hydrogens (primary N) is 1. The zero-order valence-corrected chi connectivity index (χ0v) is 9.26. The van der Waals surface area contributed by atoms with Crippen molar-refractivity contribution in [2.45, 2.75) is 13.1 Å². The van der Waals surface area contributed by atoms with Gasteiger partial charge in [0.25, 0.3) is 0 Å². The Balaban J connectivity index is 2.11. The third-order valence-corrected chi connectivity index (χ3v) is 2.44. The summed E-state index contributed by atoms with van der Waals surface area (Å²) in [6.45, 7) is 1.31. The van der Waals surface area contributed by atoms with Crippen LogP contribution in [-0.4, -0.2) is 12.0 Å². The number of pyridine rings is 1. The largest absolute Gasteiger partial charge is 0.472 e. The molecule has 0 bridgehead atoms. The molecular weight excluding hydrogens is 202 g/mol. The predicted molar refractivity (Wildman–Crippen MR) is 62.9 cm³/mol. The molecule has 0 saturated carbocycles. The van der Waals surface area contributed by atoms with E-state index in [2.05, 4.69) is 9.88 Å². The summed E-state index contributed by atoms with van der Waals surface area (Å²) < 4.78 is 5.03. The number of anilines is 1. The molecule has 0 aromatic carbocycles. The van der Waals surface area contributed by atoms with Gasteiger partial charge in [-0.25, -0.2) is 4.98 Å². The number of hydrogen-bond acceptors (Lipinski definition) is 4. The lowest BCUT2D eigenvalue weighted by atomic mass is 10.2. The van der Waals surface area contributed by atoms with Gasteiger partial charge in [-0.05, 0) is 23.8 Å². The fourth-order valence-corrected chi connectivity index (χ4v) is 1.53. The summed E-state index contributed by atoms with van der Waals surface area (Å²) in [4.78, 5) is 6.37. The highest BCUT2D eigenvalue weighted by Crippen LogP contribution is 2.14. The average Bonchev–Trinajstić information content (AvgIpc) is 2.82. The Bertz CT molecular complexity index is 439. The van der Waals surface area contributed by atoms with Crippen LogP contribution in [0.4, 0.5) is 5.82 Å². The van der Waals surface area contributed by atoms with Gasteiger partial charge in [-0.15, -0.1) is 0 Å². The van der Waals surface area contributed by atoms with E-state index in [1.54, 1.807) is 18.7 Å². The maximum Gasteiger partial charge on any atom is 0.128 e. The first-order valence-corrected chi connectivity index (χ1v) is 5.17. The van der Waals surface area contributed by atoms with Gasteiger partial charge in [-0.3, -0.25) is 0 Å². The molecule has 0 aliphatic rings. The Hall–Kier alpha value is -1.81. The van der Waals surface area contributed by atoms with Gasteiger partial charge in [-0.1, -0.05) is 0 Å². The number of nitrogens with zero attached hydrogens (tertiary/aromatic N) is 2. The fourth-order valence-electron chi connectivity index (χ4n) is 1.53. The minimum Gasteiger partial charge on any atom is -0.472 e. The third kappa shape index (κ3) is 2.41. The van der Waals surface area contributed by atoms with E-state index in [0.29, 0.717) is 6.54 Å². The van der Waals surface area contributed by atoms with Crippen LogP contribution in [0.2, 0.25) is 0 Å². The van der Waals surface area contributed by atoms with Crippen molar-refractivity contribution in [1.29, 1.82) is 0 Å². The summed E-state index contributed by atoms with van der Waals surface area (Å²) in [6, 6.07) is 5.87. The van der Waals surface area contributed by atoms with E-state index in [-0.39, 0.29) is 0 Å². The minimum atomic E-state index is 0.537. The molecule has 2 aromatic rings. The van der Waals surface area contributed by atoms with Gasteiger partial charge < -0.3 is 15.1 Å². The van der Waals surface area contributed by atoms with Gasteiger partial charge >= 0.3 is 0 Å². The SMILES string of the molecule is CN(Cc1ccoc1)c1cc(CN)ccn1. The topological polar surface area (TPSA) is 55.3 Å². The van der Waals surface area contributed by atoms with E-state index in [9.17, 15) is 0 Å². The van der Waals surface area contributed by atoms with Gasteiger partial charge in [0.05, 0.1) is 12.5 Å². The van der Waals surface area contributed by atoms with Crippen molar-refractivity contribution in [3.05, 3.63) is 48.0 Å². The van der Waals surface area contributed by atoms with Crippen LogP contribution in [0.15, 0.2) is 41.3 Å². The zero-order chi connectivity index (χ0) is 11.4. The highest BCUT2D eigenvalue weighted by Gasteiger charge is 2.04. The van der Waals surface area contributed by atoms with Crippen molar-refractivity contribution in [2.24, 2.45) is 5.73 Å². The molecule has 0 aliphatic heterocycles. The number of furan rings is 1. The molecule has 2 rings (SSSR count). The molecule has 4 nitrogen and oxygen atoms in total. The first-order chi connectivity index (χ1) is 7.79. The van der Waals surface area contributed by atoms with E-state index in [1.807, 2.05) is 25.2 Å². The van der Waals surface area contributed by atoms with Crippen LogP contribution >= 0.6 is 0 Å². The molecule has 0 spiro atoms. The van der Waals surface area contributed by atoms with Crippen LogP contribution in [0.5, 0.6) is 0 Å². The summed E-state index contributed by atoms with van der Waals surface area (Å²) in [5, 5.41) is 0. The molecule has 0 radical (unpaired) electrons. The third-order valence-electron chi connectivity index (χ3n) is 2.44. The van der Waals surface area contributed by atoms with Crippen LogP contribution in [0.3, 0.4) is 0 Å². The quantitative estimate of drug-likeness (QED) is 0.848. The molecule has 4 heteroatoms. The van der Waals surface area contributed by atoms with Crippen molar-refractivity contribution in [3.63, 3.8) is 0 Å². The smallest absolute Gasteiger partial charge is 0.128 e. The fraction of sp³-hybridized carbons (Fsp3) is 0.250. The second kappa shape index (κ2) is 4.81. The van der Waals surface area contributed by atoms with Gasteiger partial charge in [0.15, 0.2) is 0 Å². The molecule has 0 saturated heterocycles. The Morgan fingerprint density at radius 2 is 2.25 bits per heavy atom. The molecule has 0 amide bonds. The van der Waals surface area contributed by atoms with E-state index >= 15 is 0 Å². The second-order valence-corrected chi connectivity index (χ2v) is 3.71. The van der Waals surface area contributed by atoms with Crippen molar-refractivity contribution in [2.75, 3.05) is 11.9 Å². The van der Waals surface area contributed by atoms with Crippen LogP contribution in [0.1, 0.15) is 11.1 Å². The first kappa shape index (κ1) is 10.7. The Morgan fingerprint density at radius 3 is 2.94 bits per heavy atom. The number of rotatable bonds is 4. The lowest BCUT2D eigenvalue weighted by molar-refractivity contribution is 0.563. The van der Waals surface area contributed by atoms with Gasteiger partial charge in [0.2, 0.25) is 0 Å². The number of hydrogen-bond donors (Lipinski definition) is 1. The van der Waals surface area contributed by atoms with Crippen molar-refractivity contribution >= 4 is 5.82 Å². The van der Waals surface area contributed by atoms with Gasteiger partial charge in [0.1, 0.15) is 5.82 Å². The molecule has 16 heavy (non-hydrogen) atoms. The summed E-state index contributed by atoms with van der Waals surface area (Å²) >= 11 is 0. The summed E-state index contributed by atoms with van der Waals surface area (Å²) in [5.74, 6) is 0.921. The monoisotopic (exact) mass is 217 g/mol. The molecule has 2 heterocycles. The van der Waals surface area contributed by atoms with E-state index in [4.69, 9.17) is 10.2 Å². The maximum absolute atomic E-state index is 5.59. The highest BCUT2D eigenvalue weighted by atomic mass is 16.3. The predicted octanol–water partition coefficient (Wildman–Crippen LogP) is 1.77. The van der Waals surface area contributed by atoms with E-state index < -0.39 is 0 Å². The molecule has 0 atom stereocenters. The summed E-state index contributed by atoms with van der Waals surface area (Å²) in [6.07, 6.45) is 5.19.